The second kappa shape index (κ2) is 8.62. The number of carbonyl (C=O) groups is 1. The number of halogens is 3. The molecule has 8 heteroatoms. The van der Waals surface area contributed by atoms with E-state index >= 15 is 0 Å². The molecular formula is C22H20F3N3O2. The SMILES string of the molecule is Cc1ncccc1C(=O)c1nc(NC(C)[C@@H](O)c2ccccc2)ccc1C(F)(F)F. The fourth-order valence-corrected chi connectivity index (χ4v) is 3.04. The molecule has 2 heterocycles. The lowest BCUT2D eigenvalue weighted by Crippen LogP contribution is -2.25. The van der Waals surface area contributed by atoms with Crippen molar-refractivity contribution in [1.82, 2.24) is 9.97 Å². The smallest absolute Gasteiger partial charge is 0.386 e. The lowest BCUT2D eigenvalue weighted by atomic mass is 10.0. The molecule has 0 aliphatic heterocycles. The number of pyridine rings is 2. The maximum absolute atomic E-state index is 13.5. The van der Waals surface area contributed by atoms with Gasteiger partial charge in [0.1, 0.15) is 11.5 Å². The molecule has 2 N–H and O–H groups in total. The van der Waals surface area contributed by atoms with E-state index in [1.165, 1.54) is 18.3 Å². The van der Waals surface area contributed by atoms with Crippen LogP contribution in [0.4, 0.5) is 19.0 Å². The van der Waals surface area contributed by atoms with Crippen molar-refractivity contribution >= 4 is 11.6 Å². The molecule has 0 fully saturated rings. The molecule has 2 aromatic heterocycles. The number of nitrogens with zero attached hydrogens (tertiary/aromatic N) is 2. The van der Waals surface area contributed by atoms with E-state index in [4.69, 9.17) is 0 Å². The fraction of sp³-hybridized carbons (Fsp3) is 0.227. The van der Waals surface area contributed by atoms with Crippen LogP contribution in [0.3, 0.4) is 0 Å². The minimum Gasteiger partial charge on any atom is -0.386 e. The molecule has 0 aliphatic carbocycles. The van der Waals surface area contributed by atoms with Crippen molar-refractivity contribution < 1.29 is 23.1 Å². The molecule has 0 radical (unpaired) electrons. The summed E-state index contributed by atoms with van der Waals surface area (Å²) >= 11 is 0. The maximum atomic E-state index is 13.5. The number of rotatable bonds is 6. The van der Waals surface area contributed by atoms with Crippen LogP contribution in [0, 0.1) is 6.92 Å². The number of hydrogen-bond donors (Lipinski definition) is 2. The Morgan fingerprint density at radius 2 is 1.77 bits per heavy atom. The molecule has 0 saturated heterocycles. The number of hydrogen-bond acceptors (Lipinski definition) is 5. The van der Waals surface area contributed by atoms with Crippen molar-refractivity contribution in [3.8, 4) is 0 Å². The fourth-order valence-electron chi connectivity index (χ4n) is 3.04. The Morgan fingerprint density at radius 1 is 1.07 bits per heavy atom. The largest absolute Gasteiger partial charge is 0.418 e. The molecule has 0 amide bonds. The third kappa shape index (κ3) is 4.65. The Labute approximate surface area is 171 Å². The van der Waals surface area contributed by atoms with E-state index in [0.29, 0.717) is 11.3 Å². The molecule has 0 spiro atoms. The van der Waals surface area contributed by atoms with Gasteiger partial charge in [-0.05, 0) is 43.7 Å². The molecule has 0 bridgehead atoms. The van der Waals surface area contributed by atoms with Crippen molar-refractivity contribution in [2.24, 2.45) is 0 Å². The van der Waals surface area contributed by atoms with Gasteiger partial charge in [-0.1, -0.05) is 30.3 Å². The van der Waals surface area contributed by atoms with Gasteiger partial charge < -0.3 is 10.4 Å². The lowest BCUT2D eigenvalue weighted by molar-refractivity contribution is -0.138. The quantitative estimate of drug-likeness (QED) is 0.577. The first-order valence-electron chi connectivity index (χ1n) is 9.22. The van der Waals surface area contributed by atoms with E-state index in [9.17, 15) is 23.1 Å². The second-order valence-corrected chi connectivity index (χ2v) is 6.84. The number of benzene rings is 1. The van der Waals surface area contributed by atoms with Crippen LogP contribution < -0.4 is 5.32 Å². The zero-order valence-corrected chi connectivity index (χ0v) is 16.3. The Morgan fingerprint density at radius 3 is 2.40 bits per heavy atom. The number of anilines is 1. The highest BCUT2D eigenvalue weighted by atomic mass is 19.4. The highest BCUT2D eigenvalue weighted by Gasteiger charge is 2.37. The van der Waals surface area contributed by atoms with Crippen LogP contribution in [0.5, 0.6) is 0 Å². The molecule has 0 saturated carbocycles. The standard InChI is InChI=1S/C22H20F3N3O2/c1-13-16(9-6-12-26-13)21(30)19-17(22(23,24)25)10-11-18(28-19)27-14(2)20(29)15-7-4-3-5-8-15/h3-12,14,20,29H,1-2H3,(H,27,28)/t14?,20-/m1/s1. The Balaban J connectivity index is 1.95. The summed E-state index contributed by atoms with van der Waals surface area (Å²) in [6, 6.07) is 13.1. The Hall–Kier alpha value is -3.26. The highest BCUT2D eigenvalue weighted by Crippen LogP contribution is 2.33. The van der Waals surface area contributed by atoms with E-state index in [-0.39, 0.29) is 11.4 Å². The molecular weight excluding hydrogens is 395 g/mol. The van der Waals surface area contributed by atoms with Crippen LogP contribution in [0.2, 0.25) is 0 Å². The molecule has 3 rings (SSSR count). The van der Waals surface area contributed by atoms with Gasteiger partial charge in [-0.25, -0.2) is 4.98 Å². The number of ketones is 1. The first-order valence-corrected chi connectivity index (χ1v) is 9.22. The predicted molar refractivity (Wildman–Crippen MR) is 106 cm³/mol. The molecule has 156 valence electrons. The molecule has 30 heavy (non-hydrogen) atoms. The van der Waals surface area contributed by atoms with Crippen molar-refractivity contribution in [2.45, 2.75) is 32.2 Å². The predicted octanol–water partition coefficient (Wildman–Crippen LogP) is 4.57. The molecule has 0 aliphatic rings. The van der Waals surface area contributed by atoms with Crippen LogP contribution in [0.1, 0.15) is 45.9 Å². The van der Waals surface area contributed by atoms with Gasteiger partial charge in [0.25, 0.3) is 0 Å². The third-order valence-corrected chi connectivity index (χ3v) is 4.66. The minimum absolute atomic E-state index is 0.0463. The first-order chi connectivity index (χ1) is 14.2. The summed E-state index contributed by atoms with van der Waals surface area (Å²) in [5.74, 6) is -0.816. The number of carbonyl (C=O) groups excluding carboxylic acids is 1. The molecule has 1 aromatic carbocycles. The van der Waals surface area contributed by atoms with E-state index in [0.717, 1.165) is 12.1 Å². The van der Waals surface area contributed by atoms with E-state index in [2.05, 4.69) is 15.3 Å². The minimum atomic E-state index is -4.75. The number of alkyl halides is 3. The lowest BCUT2D eigenvalue weighted by Gasteiger charge is -2.22. The first kappa shape index (κ1) is 21.4. The van der Waals surface area contributed by atoms with Gasteiger partial charge in [0.05, 0.1) is 17.7 Å². The Bertz CT molecular complexity index is 1040. The molecule has 2 atom stereocenters. The topological polar surface area (TPSA) is 75.1 Å². The van der Waals surface area contributed by atoms with Gasteiger partial charge in [0.2, 0.25) is 5.78 Å². The zero-order chi connectivity index (χ0) is 21.9. The summed E-state index contributed by atoms with van der Waals surface area (Å²) in [6.45, 7) is 3.21. The van der Waals surface area contributed by atoms with E-state index in [1.54, 1.807) is 38.1 Å². The summed E-state index contributed by atoms with van der Waals surface area (Å²) < 4.78 is 40.5. The van der Waals surface area contributed by atoms with Crippen molar-refractivity contribution in [3.63, 3.8) is 0 Å². The monoisotopic (exact) mass is 415 g/mol. The van der Waals surface area contributed by atoms with Gasteiger partial charge in [-0.2, -0.15) is 13.2 Å². The number of aliphatic hydroxyl groups is 1. The molecule has 1 unspecified atom stereocenters. The third-order valence-electron chi connectivity index (χ3n) is 4.66. The summed E-state index contributed by atoms with van der Waals surface area (Å²) in [4.78, 5) is 20.8. The van der Waals surface area contributed by atoms with Gasteiger partial charge in [0.15, 0.2) is 0 Å². The number of aryl methyl sites for hydroxylation is 1. The van der Waals surface area contributed by atoms with Crippen LogP contribution in [0.25, 0.3) is 0 Å². The summed E-state index contributed by atoms with van der Waals surface area (Å²) in [7, 11) is 0. The molecule has 5 nitrogen and oxygen atoms in total. The summed E-state index contributed by atoms with van der Waals surface area (Å²) in [5.41, 5.74) is -0.845. The van der Waals surface area contributed by atoms with Crippen LogP contribution in [-0.4, -0.2) is 26.9 Å². The number of aromatic nitrogens is 2. The maximum Gasteiger partial charge on any atom is 0.418 e. The number of nitrogens with one attached hydrogen (secondary N) is 1. The summed E-state index contributed by atoms with van der Waals surface area (Å²) in [6.07, 6.45) is -4.22. The van der Waals surface area contributed by atoms with Crippen LogP contribution >= 0.6 is 0 Å². The van der Waals surface area contributed by atoms with E-state index < -0.39 is 35.4 Å². The number of aliphatic hydroxyl groups excluding tert-OH is 1. The molecule has 3 aromatic rings. The highest BCUT2D eigenvalue weighted by molar-refractivity contribution is 6.09. The summed E-state index contributed by atoms with van der Waals surface area (Å²) in [5, 5.41) is 13.4. The average molecular weight is 415 g/mol. The van der Waals surface area contributed by atoms with Crippen molar-refractivity contribution in [1.29, 1.82) is 0 Å². The van der Waals surface area contributed by atoms with E-state index in [1.807, 2.05) is 6.07 Å². The van der Waals surface area contributed by atoms with Crippen LogP contribution in [-0.2, 0) is 6.18 Å². The van der Waals surface area contributed by atoms with Gasteiger partial charge >= 0.3 is 6.18 Å². The zero-order valence-electron chi connectivity index (χ0n) is 16.3. The second-order valence-electron chi connectivity index (χ2n) is 6.84. The normalized spacial score (nSPS) is 13.5. The van der Waals surface area contributed by atoms with Crippen LogP contribution in [0.15, 0.2) is 60.8 Å². The average Bonchev–Trinajstić information content (AvgIpc) is 2.73. The van der Waals surface area contributed by atoms with Gasteiger partial charge in [-0.15, -0.1) is 0 Å². The van der Waals surface area contributed by atoms with Gasteiger partial charge in [0, 0.05) is 17.5 Å². The van der Waals surface area contributed by atoms with Crippen molar-refractivity contribution in [2.75, 3.05) is 5.32 Å². The Kier molecular flexibility index (Phi) is 6.17. The van der Waals surface area contributed by atoms with Gasteiger partial charge in [-0.3, -0.25) is 9.78 Å². The van der Waals surface area contributed by atoms with Crippen molar-refractivity contribution in [3.05, 3.63) is 88.9 Å².